The standard InChI is InChI=1S/C19H24N4O4/c1-13-9-15(14(2)23(13)12-17-6-4-8-27-17)10-21-22-19(25)18(24)20-11-16-5-3-7-26-16/h3,5,7,9-10,17H,4,6,8,11-12H2,1-2H3,(H,20,24)(H,22,25)/b21-10-/t17-/m0/s1. The van der Waals surface area contributed by atoms with Crippen LogP contribution in [0.25, 0.3) is 0 Å². The quantitative estimate of drug-likeness (QED) is 0.458. The van der Waals surface area contributed by atoms with Crippen molar-refractivity contribution in [1.29, 1.82) is 0 Å². The van der Waals surface area contributed by atoms with Gasteiger partial charge in [-0.3, -0.25) is 9.59 Å². The van der Waals surface area contributed by atoms with Crippen molar-refractivity contribution < 1.29 is 18.7 Å². The zero-order chi connectivity index (χ0) is 19.2. The average Bonchev–Trinajstić information content (AvgIpc) is 3.39. The summed E-state index contributed by atoms with van der Waals surface area (Å²) in [4.78, 5) is 23.5. The van der Waals surface area contributed by atoms with Crippen molar-refractivity contribution in [1.82, 2.24) is 15.3 Å². The van der Waals surface area contributed by atoms with Gasteiger partial charge >= 0.3 is 11.8 Å². The lowest BCUT2D eigenvalue weighted by atomic mass is 10.2. The largest absolute Gasteiger partial charge is 0.467 e. The number of ether oxygens (including phenoxy) is 1. The molecule has 2 aromatic rings. The van der Waals surface area contributed by atoms with Gasteiger partial charge in [0.2, 0.25) is 0 Å². The number of carbonyl (C=O) groups is 2. The number of furan rings is 1. The monoisotopic (exact) mass is 372 g/mol. The Labute approximate surface area is 157 Å². The number of aromatic nitrogens is 1. The predicted molar refractivity (Wildman–Crippen MR) is 99.2 cm³/mol. The number of carbonyl (C=O) groups excluding carboxylic acids is 2. The van der Waals surface area contributed by atoms with E-state index in [1.54, 1.807) is 18.3 Å². The van der Waals surface area contributed by atoms with E-state index in [1.165, 1.54) is 6.26 Å². The highest BCUT2D eigenvalue weighted by atomic mass is 16.5. The first-order valence-corrected chi connectivity index (χ1v) is 8.96. The summed E-state index contributed by atoms with van der Waals surface area (Å²) >= 11 is 0. The van der Waals surface area contributed by atoms with Crippen molar-refractivity contribution in [3.05, 3.63) is 47.2 Å². The molecule has 0 aliphatic carbocycles. The van der Waals surface area contributed by atoms with Gasteiger partial charge in [-0.15, -0.1) is 0 Å². The van der Waals surface area contributed by atoms with Gasteiger partial charge in [-0.1, -0.05) is 0 Å². The third-order valence-corrected chi connectivity index (χ3v) is 4.60. The normalized spacial score (nSPS) is 16.7. The van der Waals surface area contributed by atoms with Crippen LogP contribution in [-0.4, -0.2) is 35.3 Å². The van der Waals surface area contributed by atoms with Crippen LogP contribution in [0.3, 0.4) is 0 Å². The van der Waals surface area contributed by atoms with Gasteiger partial charge in [0.15, 0.2) is 0 Å². The highest BCUT2D eigenvalue weighted by molar-refractivity contribution is 6.35. The molecule has 1 fully saturated rings. The van der Waals surface area contributed by atoms with E-state index >= 15 is 0 Å². The maximum atomic E-state index is 11.8. The smallest absolute Gasteiger partial charge is 0.329 e. The van der Waals surface area contributed by atoms with Crippen molar-refractivity contribution in [2.45, 2.75) is 45.9 Å². The van der Waals surface area contributed by atoms with Crippen LogP contribution in [0.4, 0.5) is 0 Å². The maximum Gasteiger partial charge on any atom is 0.329 e. The van der Waals surface area contributed by atoms with Gasteiger partial charge in [0, 0.05) is 30.1 Å². The Kier molecular flexibility index (Phi) is 6.08. The highest BCUT2D eigenvalue weighted by Gasteiger charge is 2.18. The van der Waals surface area contributed by atoms with Gasteiger partial charge in [0.25, 0.3) is 0 Å². The first-order valence-electron chi connectivity index (χ1n) is 8.96. The van der Waals surface area contributed by atoms with Crippen LogP contribution in [-0.2, 0) is 27.4 Å². The Morgan fingerprint density at radius 3 is 2.93 bits per heavy atom. The molecule has 27 heavy (non-hydrogen) atoms. The molecule has 0 unspecified atom stereocenters. The molecule has 0 bridgehead atoms. The van der Waals surface area contributed by atoms with E-state index < -0.39 is 11.8 Å². The highest BCUT2D eigenvalue weighted by Crippen LogP contribution is 2.19. The number of aryl methyl sites for hydroxylation is 1. The van der Waals surface area contributed by atoms with Gasteiger partial charge in [-0.25, -0.2) is 5.43 Å². The van der Waals surface area contributed by atoms with Crippen LogP contribution >= 0.6 is 0 Å². The zero-order valence-electron chi connectivity index (χ0n) is 15.5. The Hall–Kier alpha value is -2.87. The second-order valence-electron chi connectivity index (χ2n) is 6.53. The van der Waals surface area contributed by atoms with E-state index in [-0.39, 0.29) is 12.6 Å². The minimum atomic E-state index is -0.828. The van der Waals surface area contributed by atoms with Gasteiger partial charge in [-0.2, -0.15) is 5.10 Å². The molecule has 1 aliphatic rings. The molecule has 0 saturated carbocycles. The molecule has 1 atom stereocenters. The fourth-order valence-corrected chi connectivity index (χ4v) is 3.10. The second-order valence-corrected chi connectivity index (χ2v) is 6.53. The summed E-state index contributed by atoms with van der Waals surface area (Å²) in [5, 5.41) is 6.36. The fourth-order valence-electron chi connectivity index (χ4n) is 3.10. The van der Waals surface area contributed by atoms with E-state index in [0.29, 0.717) is 5.76 Å². The number of nitrogens with zero attached hydrogens (tertiary/aromatic N) is 2. The van der Waals surface area contributed by atoms with Crippen molar-refractivity contribution in [3.63, 3.8) is 0 Å². The molecule has 3 heterocycles. The third-order valence-electron chi connectivity index (χ3n) is 4.60. The number of nitrogens with one attached hydrogen (secondary N) is 2. The molecule has 2 N–H and O–H groups in total. The van der Waals surface area contributed by atoms with Gasteiger partial charge in [0.05, 0.1) is 25.1 Å². The molecular formula is C19H24N4O4. The summed E-state index contributed by atoms with van der Waals surface area (Å²) in [6, 6.07) is 5.42. The van der Waals surface area contributed by atoms with Crippen LogP contribution in [0.1, 0.15) is 35.6 Å². The molecular weight excluding hydrogens is 348 g/mol. The SMILES string of the molecule is Cc1cc(/C=N\NC(=O)C(=O)NCc2ccco2)c(C)n1C[C@@H]1CCCO1. The molecule has 2 aromatic heterocycles. The van der Waals surface area contributed by atoms with Crippen LogP contribution in [0.5, 0.6) is 0 Å². The summed E-state index contributed by atoms with van der Waals surface area (Å²) in [5.74, 6) is -1.03. The molecule has 1 saturated heterocycles. The molecule has 0 aromatic carbocycles. The summed E-state index contributed by atoms with van der Waals surface area (Å²) in [6.45, 7) is 5.81. The lowest BCUT2D eigenvalue weighted by molar-refractivity contribution is -0.139. The first-order chi connectivity index (χ1) is 13.0. The molecule has 0 spiro atoms. The van der Waals surface area contributed by atoms with E-state index in [9.17, 15) is 9.59 Å². The van der Waals surface area contributed by atoms with Crippen LogP contribution < -0.4 is 10.7 Å². The topological polar surface area (TPSA) is 97.9 Å². The van der Waals surface area contributed by atoms with Crippen LogP contribution in [0.2, 0.25) is 0 Å². The minimum Gasteiger partial charge on any atom is -0.467 e. The molecule has 2 amide bonds. The molecule has 0 radical (unpaired) electrons. The van der Waals surface area contributed by atoms with E-state index in [1.807, 2.05) is 19.9 Å². The lowest BCUT2D eigenvalue weighted by Gasteiger charge is -2.14. The molecule has 3 rings (SSSR count). The Bertz CT molecular complexity index is 817. The number of hydrogen-bond donors (Lipinski definition) is 2. The summed E-state index contributed by atoms with van der Waals surface area (Å²) < 4.78 is 13.0. The maximum absolute atomic E-state index is 11.8. The third kappa shape index (κ3) is 4.85. The number of hydrogen-bond acceptors (Lipinski definition) is 5. The van der Waals surface area contributed by atoms with Gasteiger partial charge in [0.1, 0.15) is 5.76 Å². The first kappa shape index (κ1) is 18.9. The zero-order valence-corrected chi connectivity index (χ0v) is 15.5. The van der Waals surface area contributed by atoms with Gasteiger partial charge < -0.3 is 19.0 Å². The van der Waals surface area contributed by atoms with E-state index in [4.69, 9.17) is 9.15 Å². The van der Waals surface area contributed by atoms with E-state index in [2.05, 4.69) is 20.4 Å². The van der Waals surface area contributed by atoms with Crippen molar-refractivity contribution in [2.75, 3.05) is 6.61 Å². The second kappa shape index (κ2) is 8.68. The molecule has 144 valence electrons. The van der Waals surface area contributed by atoms with Crippen molar-refractivity contribution in [3.8, 4) is 0 Å². The summed E-state index contributed by atoms with van der Waals surface area (Å²) in [7, 11) is 0. The molecule has 1 aliphatic heterocycles. The van der Waals surface area contributed by atoms with Crippen LogP contribution in [0, 0.1) is 13.8 Å². The lowest BCUT2D eigenvalue weighted by Crippen LogP contribution is -2.37. The van der Waals surface area contributed by atoms with Gasteiger partial charge in [-0.05, 0) is 44.9 Å². The molecule has 8 heteroatoms. The number of hydrazone groups is 1. The van der Waals surface area contributed by atoms with Crippen molar-refractivity contribution in [2.24, 2.45) is 5.10 Å². The summed E-state index contributed by atoms with van der Waals surface area (Å²) in [5.41, 5.74) is 5.28. The average molecular weight is 372 g/mol. The van der Waals surface area contributed by atoms with Crippen molar-refractivity contribution >= 4 is 18.0 Å². The number of amides is 2. The predicted octanol–water partition coefficient (Wildman–Crippen LogP) is 1.64. The minimum absolute atomic E-state index is 0.146. The Balaban J connectivity index is 1.52. The fraction of sp³-hybridized carbons (Fsp3) is 0.421. The van der Waals surface area contributed by atoms with E-state index in [0.717, 1.165) is 42.9 Å². The summed E-state index contributed by atoms with van der Waals surface area (Å²) in [6.07, 6.45) is 5.47. The Morgan fingerprint density at radius 2 is 2.22 bits per heavy atom. The van der Waals surface area contributed by atoms with Crippen LogP contribution in [0.15, 0.2) is 34.0 Å². The molecule has 8 nitrogen and oxygen atoms in total. The number of rotatable bonds is 6. The Morgan fingerprint density at radius 1 is 1.37 bits per heavy atom.